The molecule has 0 unspecified atom stereocenters. The fourth-order valence-electron chi connectivity index (χ4n) is 3.63. The molecule has 2 aromatic rings. The molecule has 0 bridgehead atoms. The summed E-state index contributed by atoms with van der Waals surface area (Å²) in [6, 6.07) is 13.9. The Morgan fingerprint density at radius 1 is 1.09 bits per heavy atom. The SMILES string of the molecule is CCCCN1C(=O)/C(=C2/C(=O)N(CC(=O)Nc3cccc(Cl)c3)c3ccccc32)SC1=S. The van der Waals surface area contributed by atoms with Crippen molar-refractivity contribution in [2.75, 3.05) is 23.3 Å². The number of benzene rings is 2. The van der Waals surface area contributed by atoms with Gasteiger partial charge in [0.05, 0.1) is 16.2 Å². The van der Waals surface area contributed by atoms with Gasteiger partial charge in [0.25, 0.3) is 11.8 Å². The Kier molecular flexibility index (Phi) is 6.64. The van der Waals surface area contributed by atoms with Crippen LogP contribution in [0.2, 0.25) is 5.02 Å². The van der Waals surface area contributed by atoms with Crippen LogP contribution in [0.4, 0.5) is 11.4 Å². The third-order valence-electron chi connectivity index (χ3n) is 5.14. The number of hydrogen-bond acceptors (Lipinski definition) is 5. The highest BCUT2D eigenvalue weighted by Gasteiger charge is 2.42. The molecule has 1 N–H and O–H groups in total. The van der Waals surface area contributed by atoms with E-state index in [1.54, 1.807) is 53.4 Å². The number of carbonyl (C=O) groups excluding carboxylic acids is 3. The number of carbonyl (C=O) groups is 3. The molecule has 2 aromatic carbocycles. The number of hydrogen-bond donors (Lipinski definition) is 1. The van der Waals surface area contributed by atoms with Gasteiger partial charge in [-0.2, -0.15) is 0 Å². The molecule has 1 fully saturated rings. The number of amides is 3. The van der Waals surface area contributed by atoms with Crippen LogP contribution in [0.3, 0.4) is 0 Å². The molecule has 0 radical (unpaired) electrons. The van der Waals surface area contributed by atoms with Crippen molar-refractivity contribution in [3.8, 4) is 0 Å². The van der Waals surface area contributed by atoms with Gasteiger partial charge in [0.2, 0.25) is 5.91 Å². The first kappa shape index (κ1) is 22.5. The van der Waals surface area contributed by atoms with E-state index >= 15 is 0 Å². The summed E-state index contributed by atoms with van der Waals surface area (Å²) >= 11 is 12.5. The van der Waals surface area contributed by atoms with Crippen molar-refractivity contribution in [2.24, 2.45) is 0 Å². The predicted octanol–water partition coefficient (Wildman–Crippen LogP) is 4.70. The summed E-state index contributed by atoms with van der Waals surface area (Å²) in [5.74, 6) is -1.01. The second-order valence-electron chi connectivity index (χ2n) is 7.35. The fraction of sp³-hybridized carbons (Fsp3) is 0.217. The third kappa shape index (κ3) is 4.30. The number of thioether (sulfide) groups is 1. The zero-order valence-corrected chi connectivity index (χ0v) is 19.6. The normalized spacial score (nSPS) is 17.9. The first-order chi connectivity index (χ1) is 15.4. The molecule has 9 heteroatoms. The first-order valence-corrected chi connectivity index (χ1v) is 11.8. The van der Waals surface area contributed by atoms with Crippen molar-refractivity contribution in [3.05, 3.63) is 64.0 Å². The number of nitrogens with zero attached hydrogens (tertiary/aromatic N) is 2. The van der Waals surface area contributed by atoms with E-state index in [0.717, 1.165) is 24.6 Å². The van der Waals surface area contributed by atoms with Gasteiger partial charge >= 0.3 is 0 Å². The molecule has 32 heavy (non-hydrogen) atoms. The Morgan fingerprint density at radius 2 is 1.88 bits per heavy atom. The Balaban J connectivity index is 1.63. The van der Waals surface area contributed by atoms with Gasteiger partial charge in [0, 0.05) is 22.8 Å². The van der Waals surface area contributed by atoms with Crippen molar-refractivity contribution < 1.29 is 14.4 Å². The number of para-hydroxylation sites is 1. The van der Waals surface area contributed by atoms with Gasteiger partial charge in [0.1, 0.15) is 10.9 Å². The van der Waals surface area contributed by atoms with E-state index in [4.69, 9.17) is 23.8 Å². The number of thiocarbonyl (C=S) groups is 1. The lowest BCUT2D eigenvalue weighted by Crippen LogP contribution is -2.35. The highest BCUT2D eigenvalue weighted by Crippen LogP contribution is 2.44. The van der Waals surface area contributed by atoms with E-state index in [1.807, 2.05) is 6.92 Å². The van der Waals surface area contributed by atoms with Gasteiger partial charge in [-0.3, -0.25) is 24.2 Å². The van der Waals surface area contributed by atoms with Crippen LogP contribution in [0, 0.1) is 0 Å². The zero-order chi connectivity index (χ0) is 22.8. The Hall–Kier alpha value is -2.68. The number of anilines is 2. The van der Waals surface area contributed by atoms with Crippen molar-refractivity contribution in [1.29, 1.82) is 0 Å². The van der Waals surface area contributed by atoms with E-state index in [-0.39, 0.29) is 24.3 Å². The van der Waals surface area contributed by atoms with Crippen LogP contribution >= 0.6 is 35.6 Å². The summed E-state index contributed by atoms with van der Waals surface area (Å²) < 4.78 is 0.452. The van der Waals surface area contributed by atoms with E-state index in [9.17, 15) is 14.4 Å². The quantitative estimate of drug-likeness (QED) is 0.474. The van der Waals surface area contributed by atoms with Crippen LogP contribution in [0.25, 0.3) is 5.57 Å². The monoisotopic (exact) mass is 485 g/mol. The van der Waals surface area contributed by atoms with Crippen molar-refractivity contribution in [2.45, 2.75) is 19.8 Å². The van der Waals surface area contributed by atoms with Gasteiger partial charge in [-0.15, -0.1) is 0 Å². The molecule has 2 heterocycles. The molecule has 2 aliphatic heterocycles. The van der Waals surface area contributed by atoms with Crippen LogP contribution in [-0.2, 0) is 14.4 Å². The summed E-state index contributed by atoms with van der Waals surface area (Å²) in [7, 11) is 0. The average Bonchev–Trinajstić information content (AvgIpc) is 3.19. The van der Waals surface area contributed by atoms with Crippen molar-refractivity contribution in [1.82, 2.24) is 4.90 Å². The second-order valence-corrected chi connectivity index (χ2v) is 9.43. The minimum absolute atomic E-state index is 0.192. The minimum atomic E-state index is -0.386. The van der Waals surface area contributed by atoms with E-state index in [1.165, 1.54) is 4.90 Å². The lowest BCUT2D eigenvalue weighted by atomic mass is 10.1. The third-order valence-corrected chi connectivity index (χ3v) is 6.83. The topological polar surface area (TPSA) is 69.7 Å². The largest absolute Gasteiger partial charge is 0.324 e. The number of nitrogens with one attached hydrogen (secondary N) is 1. The summed E-state index contributed by atoms with van der Waals surface area (Å²) in [5.41, 5.74) is 2.06. The molecule has 164 valence electrons. The van der Waals surface area contributed by atoms with E-state index in [2.05, 4.69) is 5.32 Å². The minimum Gasteiger partial charge on any atom is -0.324 e. The molecule has 0 atom stereocenters. The average molecular weight is 486 g/mol. The van der Waals surface area contributed by atoms with Crippen molar-refractivity contribution in [3.63, 3.8) is 0 Å². The van der Waals surface area contributed by atoms with Gasteiger partial charge in [0.15, 0.2) is 0 Å². The molecule has 0 aliphatic carbocycles. The number of rotatable bonds is 6. The Labute approximate surface area is 200 Å². The smallest absolute Gasteiger partial charge is 0.267 e. The highest BCUT2D eigenvalue weighted by molar-refractivity contribution is 8.26. The van der Waals surface area contributed by atoms with Crippen LogP contribution in [-0.4, -0.2) is 40.0 Å². The fourth-order valence-corrected chi connectivity index (χ4v) is 5.20. The molecule has 4 rings (SSSR count). The maximum Gasteiger partial charge on any atom is 0.267 e. The summed E-state index contributed by atoms with van der Waals surface area (Å²) in [6.07, 6.45) is 1.76. The molecule has 1 saturated heterocycles. The lowest BCUT2D eigenvalue weighted by molar-refractivity contribution is -0.122. The molecule has 3 amide bonds. The van der Waals surface area contributed by atoms with Gasteiger partial charge in [-0.05, 0) is 30.7 Å². The number of halogens is 1. The maximum absolute atomic E-state index is 13.4. The molecular formula is C23H20ClN3O3S2. The Morgan fingerprint density at radius 3 is 2.62 bits per heavy atom. The lowest BCUT2D eigenvalue weighted by Gasteiger charge is -2.17. The van der Waals surface area contributed by atoms with Crippen molar-refractivity contribution >= 4 is 74.6 Å². The van der Waals surface area contributed by atoms with Crippen LogP contribution < -0.4 is 10.2 Å². The van der Waals surface area contributed by atoms with Gasteiger partial charge in [-0.1, -0.05) is 73.2 Å². The van der Waals surface area contributed by atoms with Crippen LogP contribution in [0.1, 0.15) is 25.3 Å². The molecular weight excluding hydrogens is 466 g/mol. The molecule has 0 spiro atoms. The maximum atomic E-state index is 13.4. The van der Waals surface area contributed by atoms with Crippen LogP contribution in [0.15, 0.2) is 53.4 Å². The molecule has 0 aromatic heterocycles. The highest BCUT2D eigenvalue weighted by atomic mass is 35.5. The second kappa shape index (κ2) is 9.44. The first-order valence-electron chi connectivity index (χ1n) is 10.1. The van der Waals surface area contributed by atoms with E-state index in [0.29, 0.717) is 43.3 Å². The number of unbranched alkanes of at least 4 members (excludes halogenated alkanes) is 1. The van der Waals surface area contributed by atoms with Crippen LogP contribution in [0.5, 0.6) is 0 Å². The zero-order valence-electron chi connectivity index (χ0n) is 17.3. The molecule has 6 nitrogen and oxygen atoms in total. The summed E-state index contributed by atoms with van der Waals surface area (Å²) in [6.45, 7) is 2.38. The summed E-state index contributed by atoms with van der Waals surface area (Å²) in [4.78, 5) is 42.4. The Bertz CT molecular complexity index is 1160. The van der Waals surface area contributed by atoms with Gasteiger partial charge < -0.3 is 5.32 Å². The number of fused-ring (bicyclic) bond motifs is 1. The van der Waals surface area contributed by atoms with E-state index < -0.39 is 0 Å². The standard InChI is InChI=1S/C23H20ClN3O3S2/c1-2-3-11-26-22(30)20(32-23(26)31)19-16-9-4-5-10-17(16)27(21(19)29)13-18(28)25-15-8-6-7-14(24)12-15/h4-10,12H,2-3,11,13H2,1H3,(H,25,28)/b20-19-. The molecule has 2 aliphatic rings. The molecule has 0 saturated carbocycles. The van der Waals surface area contributed by atoms with Gasteiger partial charge in [-0.25, -0.2) is 0 Å². The summed E-state index contributed by atoms with van der Waals surface area (Å²) in [5, 5.41) is 3.25. The predicted molar refractivity (Wildman–Crippen MR) is 133 cm³/mol.